The minimum absolute atomic E-state index is 0.00836. The number of nitrogens with zero attached hydrogens (tertiary/aromatic N) is 3. The van der Waals surface area contributed by atoms with Crippen LogP contribution in [0.5, 0.6) is 6.01 Å². The number of aromatic nitrogens is 3. The van der Waals surface area contributed by atoms with Gasteiger partial charge in [-0.05, 0) is 20.3 Å². The summed E-state index contributed by atoms with van der Waals surface area (Å²) in [6.07, 6.45) is 0.396. The normalized spacial score (nSPS) is 11.7. The highest BCUT2D eigenvalue weighted by Crippen LogP contribution is 2.17. The Labute approximate surface area is 112 Å². The molecule has 0 aromatic carbocycles. The molecule has 8 heteroatoms. The highest BCUT2D eigenvalue weighted by atomic mass is 16.5. The number of ether oxygens (including phenoxy) is 1. The summed E-state index contributed by atoms with van der Waals surface area (Å²) in [5, 5.41) is 21.6. The molecule has 0 bridgehead atoms. The Kier molecular flexibility index (Phi) is 5.25. The van der Waals surface area contributed by atoms with E-state index in [1.54, 1.807) is 0 Å². The van der Waals surface area contributed by atoms with Gasteiger partial charge in [0.15, 0.2) is 0 Å². The molecule has 108 valence electrons. The SMILES string of the molecule is CCC(CO)(CO)Nc1nc(N)nc(OC(C)C)n1. The van der Waals surface area contributed by atoms with Crippen molar-refractivity contribution in [2.75, 3.05) is 24.3 Å². The molecule has 8 nitrogen and oxygen atoms in total. The van der Waals surface area contributed by atoms with Gasteiger partial charge in [0.25, 0.3) is 0 Å². The highest BCUT2D eigenvalue weighted by Gasteiger charge is 2.27. The zero-order chi connectivity index (χ0) is 14.5. The maximum Gasteiger partial charge on any atom is 0.323 e. The minimum Gasteiger partial charge on any atom is -0.461 e. The summed E-state index contributed by atoms with van der Waals surface area (Å²) >= 11 is 0. The molecule has 0 atom stereocenters. The van der Waals surface area contributed by atoms with Crippen LogP contribution in [0, 0.1) is 0 Å². The number of anilines is 2. The number of aliphatic hydroxyl groups is 2. The summed E-state index contributed by atoms with van der Waals surface area (Å²) in [5.41, 5.74) is 4.67. The third-order valence-electron chi connectivity index (χ3n) is 2.63. The van der Waals surface area contributed by atoms with Crippen LogP contribution in [0.2, 0.25) is 0 Å². The van der Waals surface area contributed by atoms with Gasteiger partial charge in [-0.25, -0.2) is 0 Å². The van der Waals surface area contributed by atoms with Crippen LogP contribution in [0.25, 0.3) is 0 Å². The van der Waals surface area contributed by atoms with Gasteiger partial charge >= 0.3 is 6.01 Å². The van der Waals surface area contributed by atoms with Gasteiger partial charge in [-0.15, -0.1) is 0 Å². The molecule has 1 aromatic heterocycles. The van der Waals surface area contributed by atoms with Crippen molar-refractivity contribution in [2.24, 2.45) is 0 Å². The maximum absolute atomic E-state index is 9.37. The van der Waals surface area contributed by atoms with Crippen LogP contribution in [-0.2, 0) is 0 Å². The Balaban J connectivity index is 2.97. The zero-order valence-electron chi connectivity index (χ0n) is 11.4. The van der Waals surface area contributed by atoms with Crippen LogP contribution in [0.3, 0.4) is 0 Å². The van der Waals surface area contributed by atoms with Crippen molar-refractivity contribution in [3.05, 3.63) is 0 Å². The molecule has 0 aliphatic heterocycles. The summed E-state index contributed by atoms with van der Waals surface area (Å²) < 4.78 is 5.34. The molecule has 0 aliphatic carbocycles. The van der Waals surface area contributed by atoms with Crippen LogP contribution in [0.1, 0.15) is 27.2 Å². The molecule has 0 fully saturated rings. The van der Waals surface area contributed by atoms with Gasteiger partial charge < -0.3 is 26.0 Å². The first-order valence-corrected chi connectivity index (χ1v) is 6.13. The molecule has 1 rings (SSSR count). The Morgan fingerprint density at radius 2 is 1.89 bits per heavy atom. The molecular weight excluding hydrogens is 250 g/mol. The summed E-state index contributed by atoms with van der Waals surface area (Å²) in [6.45, 7) is 4.99. The lowest BCUT2D eigenvalue weighted by Crippen LogP contribution is -2.45. The van der Waals surface area contributed by atoms with Crippen molar-refractivity contribution in [1.82, 2.24) is 15.0 Å². The number of nitrogens with two attached hydrogens (primary N) is 1. The van der Waals surface area contributed by atoms with Crippen molar-refractivity contribution in [3.8, 4) is 6.01 Å². The Hall–Kier alpha value is -1.67. The van der Waals surface area contributed by atoms with E-state index in [2.05, 4.69) is 20.3 Å². The van der Waals surface area contributed by atoms with E-state index < -0.39 is 5.54 Å². The fourth-order valence-electron chi connectivity index (χ4n) is 1.37. The number of nitrogen functional groups attached to an aromatic ring is 1. The summed E-state index contributed by atoms with van der Waals surface area (Å²) in [6, 6.07) is 0.103. The molecule has 0 saturated heterocycles. The van der Waals surface area contributed by atoms with Gasteiger partial charge in [0, 0.05) is 0 Å². The average molecular weight is 271 g/mol. The molecule has 0 aliphatic rings. The molecule has 0 unspecified atom stereocenters. The van der Waals surface area contributed by atoms with Crippen LogP contribution in [-0.4, -0.2) is 50.0 Å². The fourth-order valence-corrected chi connectivity index (χ4v) is 1.37. The third-order valence-corrected chi connectivity index (χ3v) is 2.63. The van der Waals surface area contributed by atoms with E-state index in [1.807, 2.05) is 20.8 Å². The van der Waals surface area contributed by atoms with Crippen LogP contribution >= 0.6 is 0 Å². The minimum atomic E-state index is -0.900. The molecule has 0 saturated carbocycles. The van der Waals surface area contributed by atoms with Crippen LogP contribution < -0.4 is 15.8 Å². The summed E-state index contributed by atoms with van der Waals surface area (Å²) in [7, 11) is 0. The first kappa shape index (κ1) is 15.4. The quantitative estimate of drug-likeness (QED) is 0.536. The van der Waals surface area contributed by atoms with Crippen molar-refractivity contribution < 1.29 is 14.9 Å². The fraction of sp³-hybridized carbons (Fsp3) is 0.727. The van der Waals surface area contributed by atoms with Crippen molar-refractivity contribution >= 4 is 11.9 Å². The molecule has 1 aromatic rings. The lowest BCUT2D eigenvalue weighted by molar-refractivity contribution is 0.131. The van der Waals surface area contributed by atoms with E-state index in [1.165, 1.54) is 0 Å². The number of hydrogen-bond acceptors (Lipinski definition) is 8. The largest absolute Gasteiger partial charge is 0.461 e. The Bertz CT molecular complexity index is 401. The van der Waals surface area contributed by atoms with Gasteiger partial charge in [-0.2, -0.15) is 15.0 Å². The topological polar surface area (TPSA) is 126 Å². The second-order valence-corrected chi connectivity index (χ2v) is 4.54. The summed E-state index contributed by atoms with van der Waals surface area (Å²) in [4.78, 5) is 11.8. The molecule has 1 heterocycles. The second kappa shape index (κ2) is 6.48. The first-order valence-electron chi connectivity index (χ1n) is 6.13. The van der Waals surface area contributed by atoms with Gasteiger partial charge in [-0.3, -0.25) is 0 Å². The molecular formula is C11H21N5O3. The van der Waals surface area contributed by atoms with Gasteiger partial charge in [-0.1, -0.05) is 6.92 Å². The number of hydrogen-bond donors (Lipinski definition) is 4. The molecule has 5 N–H and O–H groups in total. The van der Waals surface area contributed by atoms with Crippen molar-refractivity contribution in [1.29, 1.82) is 0 Å². The lowest BCUT2D eigenvalue weighted by Gasteiger charge is -2.29. The van der Waals surface area contributed by atoms with E-state index in [0.717, 1.165) is 0 Å². The predicted octanol–water partition coefficient (Wildman–Crippen LogP) is -0.214. The van der Waals surface area contributed by atoms with Crippen molar-refractivity contribution in [3.63, 3.8) is 0 Å². The lowest BCUT2D eigenvalue weighted by atomic mass is 9.99. The van der Waals surface area contributed by atoms with Crippen LogP contribution in [0.15, 0.2) is 0 Å². The van der Waals surface area contributed by atoms with Gasteiger partial charge in [0.05, 0.1) is 24.9 Å². The highest BCUT2D eigenvalue weighted by molar-refractivity contribution is 5.35. The molecule has 0 amide bonds. The molecule has 0 spiro atoms. The Morgan fingerprint density at radius 1 is 1.26 bits per heavy atom. The van der Waals surface area contributed by atoms with E-state index >= 15 is 0 Å². The van der Waals surface area contributed by atoms with Gasteiger partial charge in [0.1, 0.15) is 0 Å². The smallest absolute Gasteiger partial charge is 0.323 e. The number of aliphatic hydroxyl groups excluding tert-OH is 2. The monoisotopic (exact) mass is 271 g/mol. The molecule has 0 radical (unpaired) electrons. The standard InChI is InChI=1S/C11H21N5O3/c1-4-11(5-17,6-18)16-9-13-8(12)14-10(15-9)19-7(2)3/h7,17-18H,4-6H2,1-3H3,(H3,12,13,14,15,16). The summed E-state index contributed by atoms with van der Waals surface area (Å²) in [5.74, 6) is 0.169. The predicted molar refractivity (Wildman–Crippen MR) is 70.8 cm³/mol. The maximum atomic E-state index is 9.37. The van der Waals surface area contributed by atoms with Crippen molar-refractivity contribution in [2.45, 2.75) is 38.8 Å². The Morgan fingerprint density at radius 3 is 2.37 bits per heavy atom. The second-order valence-electron chi connectivity index (χ2n) is 4.54. The van der Waals surface area contributed by atoms with E-state index in [0.29, 0.717) is 6.42 Å². The first-order chi connectivity index (χ1) is 8.94. The average Bonchev–Trinajstić information content (AvgIpc) is 2.34. The van der Waals surface area contributed by atoms with E-state index in [9.17, 15) is 10.2 Å². The number of nitrogens with one attached hydrogen (secondary N) is 1. The zero-order valence-corrected chi connectivity index (χ0v) is 11.4. The van der Waals surface area contributed by atoms with Gasteiger partial charge in [0.2, 0.25) is 11.9 Å². The van der Waals surface area contributed by atoms with E-state index in [-0.39, 0.29) is 37.2 Å². The van der Waals surface area contributed by atoms with Crippen LogP contribution in [0.4, 0.5) is 11.9 Å². The van der Waals surface area contributed by atoms with E-state index in [4.69, 9.17) is 10.5 Å². The molecule has 19 heavy (non-hydrogen) atoms. The number of rotatable bonds is 7. The third kappa shape index (κ3) is 4.18.